The van der Waals surface area contributed by atoms with Gasteiger partial charge in [0.15, 0.2) is 0 Å². The number of rotatable bonds is 6. The first-order valence-electron chi connectivity index (χ1n) is 6.85. The van der Waals surface area contributed by atoms with Crippen molar-refractivity contribution in [2.24, 2.45) is 0 Å². The summed E-state index contributed by atoms with van der Waals surface area (Å²) in [6, 6.07) is 8.23. The number of carbonyl (C=O) groups is 1. The molecular formula is C15H22N2O. The molecule has 3 nitrogen and oxygen atoms in total. The van der Waals surface area contributed by atoms with Crippen LogP contribution in [0.15, 0.2) is 24.3 Å². The van der Waals surface area contributed by atoms with Crippen molar-refractivity contribution in [1.29, 1.82) is 0 Å². The maximum absolute atomic E-state index is 12.6. The number of carbonyl (C=O) groups excluding carboxylic acids is 1. The molecule has 1 N–H and O–H groups in total. The molecule has 1 aliphatic carbocycles. The fourth-order valence-electron chi connectivity index (χ4n) is 2.21. The maximum atomic E-state index is 12.6. The molecule has 0 atom stereocenters. The quantitative estimate of drug-likeness (QED) is 0.836. The van der Waals surface area contributed by atoms with E-state index in [2.05, 4.69) is 17.1 Å². The molecule has 2 rings (SSSR count). The van der Waals surface area contributed by atoms with Gasteiger partial charge in [-0.1, -0.05) is 25.5 Å². The molecule has 0 aromatic heterocycles. The molecule has 1 aliphatic rings. The normalized spacial score (nSPS) is 14.3. The van der Waals surface area contributed by atoms with Crippen molar-refractivity contribution in [2.45, 2.75) is 38.6 Å². The molecule has 0 saturated heterocycles. The Hall–Kier alpha value is -1.51. The van der Waals surface area contributed by atoms with Gasteiger partial charge in [0.1, 0.15) is 0 Å². The number of amides is 1. The van der Waals surface area contributed by atoms with Gasteiger partial charge in [0.05, 0.1) is 5.56 Å². The van der Waals surface area contributed by atoms with Crippen LogP contribution >= 0.6 is 0 Å². The van der Waals surface area contributed by atoms with E-state index in [1.165, 1.54) is 0 Å². The number of nitrogens with one attached hydrogen (secondary N) is 1. The van der Waals surface area contributed by atoms with Crippen molar-refractivity contribution >= 4 is 11.6 Å². The smallest absolute Gasteiger partial charge is 0.256 e. The molecule has 0 radical (unpaired) electrons. The predicted octanol–water partition coefficient (Wildman–Crippen LogP) is 3.13. The van der Waals surface area contributed by atoms with Gasteiger partial charge in [-0.25, -0.2) is 0 Å². The fraction of sp³-hybridized carbons (Fsp3) is 0.533. The molecule has 1 saturated carbocycles. The van der Waals surface area contributed by atoms with Gasteiger partial charge in [-0.05, 0) is 31.4 Å². The van der Waals surface area contributed by atoms with Crippen molar-refractivity contribution in [3.05, 3.63) is 29.8 Å². The largest absolute Gasteiger partial charge is 0.387 e. The Kier molecular flexibility index (Phi) is 4.24. The van der Waals surface area contributed by atoms with Crippen LogP contribution < -0.4 is 5.32 Å². The number of unbranched alkanes of at least 4 members (excludes halogenated alkanes) is 1. The molecule has 1 fully saturated rings. The minimum atomic E-state index is 0.177. The first-order chi connectivity index (χ1) is 8.77. The average Bonchev–Trinajstić information content (AvgIpc) is 3.23. The fourth-order valence-corrected chi connectivity index (χ4v) is 2.21. The third-order valence-corrected chi connectivity index (χ3v) is 3.43. The van der Waals surface area contributed by atoms with E-state index >= 15 is 0 Å². The molecule has 1 amide bonds. The minimum Gasteiger partial charge on any atom is -0.387 e. The molecule has 0 spiro atoms. The lowest BCUT2D eigenvalue weighted by Crippen LogP contribution is -2.34. The van der Waals surface area contributed by atoms with E-state index in [1.54, 1.807) is 0 Å². The molecular weight excluding hydrogens is 224 g/mol. The van der Waals surface area contributed by atoms with Gasteiger partial charge < -0.3 is 10.2 Å². The molecule has 0 heterocycles. The van der Waals surface area contributed by atoms with E-state index < -0.39 is 0 Å². The van der Waals surface area contributed by atoms with Crippen LogP contribution in [0.25, 0.3) is 0 Å². The van der Waals surface area contributed by atoms with Gasteiger partial charge in [0, 0.05) is 25.3 Å². The highest BCUT2D eigenvalue weighted by Crippen LogP contribution is 2.29. The summed E-state index contributed by atoms with van der Waals surface area (Å²) in [6.45, 7) is 3.05. The molecule has 18 heavy (non-hydrogen) atoms. The summed E-state index contributed by atoms with van der Waals surface area (Å²) < 4.78 is 0. The number of para-hydroxylation sites is 1. The molecule has 0 unspecified atom stereocenters. The van der Waals surface area contributed by atoms with Crippen LogP contribution in [0.1, 0.15) is 43.0 Å². The zero-order chi connectivity index (χ0) is 13.0. The number of hydrogen-bond donors (Lipinski definition) is 1. The van der Waals surface area contributed by atoms with E-state index in [4.69, 9.17) is 0 Å². The zero-order valence-corrected chi connectivity index (χ0v) is 11.3. The number of anilines is 1. The molecule has 1 aromatic rings. The summed E-state index contributed by atoms with van der Waals surface area (Å²) in [5, 5.41) is 3.10. The number of benzene rings is 1. The molecule has 0 aliphatic heterocycles. The van der Waals surface area contributed by atoms with Crippen molar-refractivity contribution in [3.8, 4) is 0 Å². The van der Waals surface area contributed by atoms with Gasteiger partial charge in [-0.3, -0.25) is 4.79 Å². The molecule has 98 valence electrons. The van der Waals surface area contributed by atoms with E-state index in [9.17, 15) is 4.79 Å². The Morgan fingerprint density at radius 1 is 1.39 bits per heavy atom. The van der Waals surface area contributed by atoms with Crippen LogP contribution in [0.2, 0.25) is 0 Å². The van der Waals surface area contributed by atoms with Crippen LogP contribution in [-0.2, 0) is 0 Å². The topological polar surface area (TPSA) is 32.3 Å². The van der Waals surface area contributed by atoms with Gasteiger partial charge >= 0.3 is 0 Å². The van der Waals surface area contributed by atoms with Crippen molar-refractivity contribution in [3.63, 3.8) is 0 Å². The zero-order valence-electron chi connectivity index (χ0n) is 11.3. The Labute approximate surface area is 109 Å². The first kappa shape index (κ1) is 12.9. The van der Waals surface area contributed by atoms with E-state index in [0.717, 1.165) is 43.5 Å². The Bertz CT molecular complexity index is 413. The van der Waals surface area contributed by atoms with Gasteiger partial charge in [-0.2, -0.15) is 0 Å². The standard InChI is InChI=1S/C15H22N2O/c1-3-4-11-17(12-9-10-12)15(18)13-7-5-6-8-14(13)16-2/h5-8,12,16H,3-4,9-11H2,1-2H3. The highest BCUT2D eigenvalue weighted by molar-refractivity contribution is 5.99. The highest BCUT2D eigenvalue weighted by atomic mass is 16.2. The van der Waals surface area contributed by atoms with E-state index in [0.29, 0.717) is 6.04 Å². The lowest BCUT2D eigenvalue weighted by atomic mass is 10.1. The van der Waals surface area contributed by atoms with Crippen molar-refractivity contribution < 1.29 is 4.79 Å². The monoisotopic (exact) mass is 246 g/mol. The Balaban J connectivity index is 2.16. The number of nitrogens with zero attached hydrogens (tertiary/aromatic N) is 1. The minimum absolute atomic E-state index is 0.177. The Morgan fingerprint density at radius 3 is 2.72 bits per heavy atom. The summed E-state index contributed by atoms with van der Waals surface area (Å²) >= 11 is 0. The van der Waals surface area contributed by atoms with Crippen LogP contribution in [0.4, 0.5) is 5.69 Å². The third-order valence-electron chi connectivity index (χ3n) is 3.43. The second kappa shape index (κ2) is 5.89. The summed E-state index contributed by atoms with van der Waals surface area (Å²) in [5.74, 6) is 0.177. The molecule has 3 heteroatoms. The van der Waals surface area contributed by atoms with Gasteiger partial charge in [0.25, 0.3) is 5.91 Å². The van der Waals surface area contributed by atoms with Crippen LogP contribution in [0, 0.1) is 0 Å². The third kappa shape index (κ3) is 2.84. The van der Waals surface area contributed by atoms with E-state index in [1.807, 2.05) is 31.3 Å². The first-order valence-corrected chi connectivity index (χ1v) is 6.85. The summed E-state index contributed by atoms with van der Waals surface area (Å²) in [6.07, 6.45) is 4.54. The van der Waals surface area contributed by atoms with Gasteiger partial charge in [0.2, 0.25) is 0 Å². The van der Waals surface area contributed by atoms with Crippen molar-refractivity contribution in [2.75, 3.05) is 18.9 Å². The second-order valence-corrected chi connectivity index (χ2v) is 4.88. The van der Waals surface area contributed by atoms with Crippen LogP contribution in [0.3, 0.4) is 0 Å². The summed E-state index contributed by atoms with van der Waals surface area (Å²) in [5.41, 5.74) is 1.72. The second-order valence-electron chi connectivity index (χ2n) is 4.88. The van der Waals surface area contributed by atoms with Gasteiger partial charge in [-0.15, -0.1) is 0 Å². The SMILES string of the molecule is CCCCN(C(=O)c1ccccc1NC)C1CC1. The summed E-state index contributed by atoms with van der Waals surface area (Å²) in [7, 11) is 1.86. The predicted molar refractivity (Wildman–Crippen MR) is 75.0 cm³/mol. The van der Waals surface area contributed by atoms with Crippen molar-refractivity contribution in [1.82, 2.24) is 4.90 Å². The van der Waals surface area contributed by atoms with Crippen LogP contribution in [0.5, 0.6) is 0 Å². The molecule has 0 bridgehead atoms. The maximum Gasteiger partial charge on any atom is 0.256 e. The lowest BCUT2D eigenvalue weighted by molar-refractivity contribution is 0.0741. The van der Waals surface area contributed by atoms with Crippen LogP contribution in [-0.4, -0.2) is 30.4 Å². The summed E-state index contributed by atoms with van der Waals surface area (Å²) in [4.78, 5) is 14.7. The van der Waals surface area contributed by atoms with E-state index in [-0.39, 0.29) is 5.91 Å². The average molecular weight is 246 g/mol. The number of hydrogen-bond acceptors (Lipinski definition) is 2. The molecule has 1 aromatic carbocycles. The lowest BCUT2D eigenvalue weighted by Gasteiger charge is -2.23. The Morgan fingerprint density at radius 2 is 2.11 bits per heavy atom. The highest BCUT2D eigenvalue weighted by Gasteiger charge is 2.33.